The molecule has 2 aromatic carbocycles. The molecule has 1 aliphatic heterocycles. The minimum Gasteiger partial charge on any atom is -0.457 e. The SMILES string of the molecule is Cc1nc(C(=O)C2C(CC(=O)OCC(=O)c3ccc(F)cc3)NCCN2C(=O)OC(C)(C)C)c(-c2ccc(F)cc2)s1. The summed E-state index contributed by atoms with van der Waals surface area (Å²) in [7, 11) is 0. The van der Waals surface area contributed by atoms with Crippen LogP contribution in [0, 0.1) is 18.6 Å². The summed E-state index contributed by atoms with van der Waals surface area (Å²) in [5.74, 6) is -2.77. The fourth-order valence-electron chi connectivity index (χ4n) is 4.51. The van der Waals surface area contributed by atoms with Gasteiger partial charge in [0.15, 0.2) is 12.4 Å². The smallest absolute Gasteiger partial charge is 0.411 e. The quantitative estimate of drug-likeness (QED) is 0.285. The molecule has 1 aromatic heterocycles. The second-order valence-electron chi connectivity index (χ2n) is 10.8. The number of Topliss-reactive ketones (excluding diaryl/α,β-unsaturated/α-hetero) is 2. The lowest BCUT2D eigenvalue weighted by Crippen LogP contribution is -2.63. The number of aryl methyl sites for hydroxylation is 1. The Hall–Kier alpha value is -4.03. The Bertz CT molecular complexity index is 1470. The maximum atomic E-state index is 14.2. The third kappa shape index (κ3) is 7.62. The van der Waals surface area contributed by atoms with Crippen LogP contribution in [0.1, 0.15) is 53.0 Å². The van der Waals surface area contributed by atoms with E-state index in [1.807, 2.05) is 0 Å². The number of nitrogens with zero attached hydrogens (tertiary/aromatic N) is 2. The number of hydrogen-bond acceptors (Lipinski definition) is 9. The Kier molecular flexibility index (Phi) is 9.47. The minimum atomic E-state index is -1.20. The number of amides is 1. The van der Waals surface area contributed by atoms with E-state index in [9.17, 15) is 28.0 Å². The van der Waals surface area contributed by atoms with Crippen molar-refractivity contribution in [3.8, 4) is 10.4 Å². The lowest BCUT2D eigenvalue weighted by Gasteiger charge is -2.40. The lowest BCUT2D eigenvalue weighted by molar-refractivity contribution is -0.143. The van der Waals surface area contributed by atoms with Gasteiger partial charge in [-0.3, -0.25) is 19.3 Å². The molecule has 0 bridgehead atoms. The van der Waals surface area contributed by atoms with E-state index in [-0.39, 0.29) is 30.8 Å². The number of ketones is 2. The zero-order chi connectivity index (χ0) is 30.6. The van der Waals surface area contributed by atoms with Crippen LogP contribution in [-0.4, -0.2) is 70.9 Å². The van der Waals surface area contributed by atoms with Crippen molar-refractivity contribution >= 4 is 35.0 Å². The summed E-state index contributed by atoms with van der Waals surface area (Å²) >= 11 is 1.25. The molecule has 0 saturated carbocycles. The second-order valence-corrected chi connectivity index (χ2v) is 12.0. The zero-order valence-corrected chi connectivity index (χ0v) is 24.4. The van der Waals surface area contributed by atoms with Gasteiger partial charge in [-0.15, -0.1) is 11.3 Å². The number of thiazole rings is 1. The van der Waals surface area contributed by atoms with Gasteiger partial charge in [0.25, 0.3) is 0 Å². The Morgan fingerprint density at radius 1 is 1.02 bits per heavy atom. The molecular weight excluding hydrogens is 568 g/mol. The van der Waals surface area contributed by atoms with Gasteiger partial charge in [0.1, 0.15) is 29.0 Å². The van der Waals surface area contributed by atoms with Crippen molar-refractivity contribution in [3.63, 3.8) is 0 Å². The average Bonchev–Trinajstić information content (AvgIpc) is 3.32. The van der Waals surface area contributed by atoms with Crippen LogP contribution in [0.4, 0.5) is 13.6 Å². The van der Waals surface area contributed by atoms with E-state index < -0.39 is 59.6 Å². The van der Waals surface area contributed by atoms with E-state index in [0.717, 1.165) is 12.1 Å². The van der Waals surface area contributed by atoms with E-state index >= 15 is 0 Å². The van der Waals surface area contributed by atoms with Gasteiger partial charge < -0.3 is 14.8 Å². The molecule has 1 saturated heterocycles. The van der Waals surface area contributed by atoms with Gasteiger partial charge in [-0.25, -0.2) is 18.6 Å². The Morgan fingerprint density at radius 2 is 1.64 bits per heavy atom. The normalized spacial score (nSPS) is 17.0. The first kappa shape index (κ1) is 30.9. The first-order valence-electron chi connectivity index (χ1n) is 13.3. The number of carbonyl (C=O) groups excluding carboxylic acids is 4. The molecule has 1 N–H and O–H groups in total. The molecule has 4 rings (SSSR count). The Morgan fingerprint density at radius 3 is 2.26 bits per heavy atom. The number of rotatable bonds is 8. The number of ether oxygens (including phenoxy) is 2. The number of halogens is 2. The highest BCUT2D eigenvalue weighted by molar-refractivity contribution is 7.15. The van der Waals surface area contributed by atoms with Gasteiger partial charge in [-0.1, -0.05) is 12.1 Å². The molecule has 0 spiro atoms. The van der Waals surface area contributed by atoms with E-state index in [1.54, 1.807) is 27.7 Å². The molecule has 9 nitrogen and oxygen atoms in total. The van der Waals surface area contributed by atoms with E-state index in [0.29, 0.717) is 15.4 Å². The van der Waals surface area contributed by atoms with Crippen LogP contribution < -0.4 is 5.32 Å². The molecule has 12 heteroatoms. The molecule has 3 aromatic rings. The number of carbonyl (C=O) groups is 4. The minimum absolute atomic E-state index is 0.0798. The Labute approximate surface area is 245 Å². The number of nitrogens with one attached hydrogen (secondary N) is 1. The summed E-state index contributed by atoms with van der Waals surface area (Å²) in [6.45, 7) is 6.64. The average molecular weight is 600 g/mol. The molecule has 1 fully saturated rings. The summed E-state index contributed by atoms with van der Waals surface area (Å²) in [4.78, 5) is 58.9. The van der Waals surface area contributed by atoms with Crippen molar-refractivity contribution in [1.29, 1.82) is 0 Å². The topological polar surface area (TPSA) is 115 Å². The summed E-state index contributed by atoms with van der Waals surface area (Å²) in [6, 6.07) is 8.37. The molecule has 0 aliphatic carbocycles. The van der Waals surface area contributed by atoms with Gasteiger partial charge in [0.05, 0.1) is 16.3 Å². The molecule has 1 amide bonds. The molecule has 1 aliphatic rings. The van der Waals surface area contributed by atoms with Crippen LogP contribution in [0.2, 0.25) is 0 Å². The third-order valence-corrected chi connectivity index (χ3v) is 7.38. The maximum absolute atomic E-state index is 14.2. The highest BCUT2D eigenvalue weighted by atomic mass is 32.1. The number of esters is 1. The molecular formula is C30H31F2N3O6S. The van der Waals surface area contributed by atoms with Gasteiger partial charge in [-0.2, -0.15) is 0 Å². The monoisotopic (exact) mass is 599 g/mol. The molecule has 2 heterocycles. The molecule has 0 radical (unpaired) electrons. The Balaban J connectivity index is 1.60. The van der Waals surface area contributed by atoms with Crippen LogP contribution in [0.15, 0.2) is 48.5 Å². The second kappa shape index (κ2) is 12.9. The predicted octanol–water partition coefficient (Wildman–Crippen LogP) is 4.97. The summed E-state index contributed by atoms with van der Waals surface area (Å²) in [5.41, 5.74) is -0.0120. The highest BCUT2D eigenvalue weighted by Gasteiger charge is 2.43. The number of aromatic nitrogens is 1. The van der Waals surface area contributed by atoms with Gasteiger partial charge in [0.2, 0.25) is 5.78 Å². The summed E-state index contributed by atoms with van der Waals surface area (Å²) in [6.07, 6.45) is -1.08. The standard InChI is InChI=1S/C30H31F2N3O6S/c1-17-34-25(28(42-17)19-7-11-21(32)12-8-19)27(38)26-22(33-13-14-35(26)29(39)41-30(2,3)4)15-24(37)40-16-23(36)18-5-9-20(31)10-6-18/h5-12,22,26,33H,13-16H2,1-4H3. The van der Waals surface area contributed by atoms with Gasteiger partial charge in [0, 0.05) is 24.7 Å². The van der Waals surface area contributed by atoms with Crippen molar-refractivity contribution in [2.75, 3.05) is 19.7 Å². The maximum Gasteiger partial charge on any atom is 0.411 e. The van der Waals surface area contributed by atoms with E-state index in [4.69, 9.17) is 9.47 Å². The van der Waals surface area contributed by atoms with Crippen molar-refractivity contribution in [1.82, 2.24) is 15.2 Å². The molecule has 2 unspecified atom stereocenters. The van der Waals surface area contributed by atoms with Crippen molar-refractivity contribution < 1.29 is 37.4 Å². The first-order chi connectivity index (χ1) is 19.8. The van der Waals surface area contributed by atoms with Crippen LogP contribution in [-0.2, 0) is 14.3 Å². The number of piperazine rings is 1. The molecule has 42 heavy (non-hydrogen) atoms. The van der Waals surface area contributed by atoms with E-state index in [2.05, 4.69) is 10.3 Å². The number of benzene rings is 2. The highest BCUT2D eigenvalue weighted by Crippen LogP contribution is 2.33. The number of hydrogen-bond donors (Lipinski definition) is 1. The lowest BCUT2D eigenvalue weighted by atomic mass is 9.93. The van der Waals surface area contributed by atoms with Crippen LogP contribution in [0.25, 0.3) is 10.4 Å². The molecule has 222 valence electrons. The summed E-state index contributed by atoms with van der Waals surface area (Å²) < 4.78 is 37.6. The van der Waals surface area contributed by atoms with Crippen LogP contribution in [0.3, 0.4) is 0 Å². The van der Waals surface area contributed by atoms with Crippen molar-refractivity contribution in [2.45, 2.75) is 51.8 Å². The van der Waals surface area contributed by atoms with Gasteiger partial charge in [-0.05, 0) is 69.7 Å². The molecule has 2 atom stereocenters. The summed E-state index contributed by atoms with van der Waals surface area (Å²) in [5, 5.41) is 3.71. The third-order valence-electron chi connectivity index (χ3n) is 6.36. The first-order valence-corrected chi connectivity index (χ1v) is 14.1. The zero-order valence-electron chi connectivity index (χ0n) is 23.6. The van der Waals surface area contributed by atoms with Gasteiger partial charge >= 0.3 is 12.1 Å². The van der Waals surface area contributed by atoms with Crippen molar-refractivity contribution in [3.05, 3.63) is 76.4 Å². The largest absolute Gasteiger partial charge is 0.457 e. The fraction of sp³-hybridized carbons (Fsp3) is 0.367. The predicted molar refractivity (Wildman–Crippen MR) is 151 cm³/mol. The van der Waals surface area contributed by atoms with Crippen molar-refractivity contribution in [2.24, 2.45) is 0 Å². The van der Waals surface area contributed by atoms with Crippen LogP contribution in [0.5, 0.6) is 0 Å². The van der Waals surface area contributed by atoms with Crippen LogP contribution >= 0.6 is 11.3 Å². The fourth-order valence-corrected chi connectivity index (χ4v) is 5.44. The van der Waals surface area contributed by atoms with E-state index in [1.165, 1.54) is 52.6 Å².